The third-order valence-corrected chi connectivity index (χ3v) is 4.18. The molecule has 1 heterocycles. The predicted octanol–water partition coefficient (Wildman–Crippen LogP) is 2.75. The molecule has 0 bridgehead atoms. The number of anilines is 2. The van der Waals surface area contributed by atoms with Crippen molar-refractivity contribution in [2.45, 2.75) is 30.4 Å². The monoisotopic (exact) mass is 250 g/mol. The van der Waals surface area contributed by atoms with Gasteiger partial charge in [-0.1, -0.05) is 13.8 Å². The van der Waals surface area contributed by atoms with Gasteiger partial charge in [0.15, 0.2) is 0 Å². The minimum Gasteiger partial charge on any atom is -0.399 e. The molecule has 0 radical (unpaired) electrons. The number of hydrogen-bond acceptors (Lipinski definition) is 3. The summed E-state index contributed by atoms with van der Waals surface area (Å²) in [5.74, 6) is 0.710. The standard InChI is InChI=1S/C13H18N2OS/c1-8(2)6-12-13(16)15(3)10-7-9(14)4-5-11(10)17-12/h4-5,7-8,12H,6,14H2,1-3H3. The zero-order valence-corrected chi connectivity index (χ0v) is 11.3. The molecule has 2 N–H and O–H groups in total. The Hall–Kier alpha value is -1.16. The van der Waals surface area contributed by atoms with Gasteiger partial charge in [0.1, 0.15) is 0 Å². The second kappa shape index (κ2) is 4.61. The van der Waals surface area contributed by atoms with Crippen molar-refractivity contribution in [2.24, 2.45) is 5.92 Å². The highest BCUT2D eigenvalue weighted by Gasteiger charge is 2.31. The molecule has 0 aliphatic carbocycles. The van der Waals surface area contributed by atoms with E-state index in [1.54, 1.807) is 16.7 Å². The van der Waals surface area contributed by atoms with Crippen LogP contribution in [0.2, 0.25) is 0 Å². The molecule has 1 aliphatic rings. The van der Waals surface area contributed by atoms with Crippen molar-refractivity contribution in [2.75, 3.05) is 17.7 Å². The molecule has 1 aliphatic heterocycles. The highest BCUT2D eigenvalue weighted by molar-refractivity contribution is 8.01. The Morgan fingerprint density at radius 3 is 2.82 bits per heavy atom. The molecule has 3 nitrogen and oxygen atoms in total. The van der Waals surface area contributed by atoms with Crippen molar-refractivity contribution >= 4 is 29.0 Å². The lowest BCUT2D eigenvalue weighted by molar-refractivity contribution is -0.118. The zero-order valence-electron chi connectivity index (χ0n) is 10.4. The van der Waals surface area contributed by atoms with Crippen LogP contribution >= 0.6 is 11.8 Å². The van der Waals surface area contributed by atoms with Crippen LogP contribution in [0.1, 0.15) is 20.3 Å². The minimum absolute atomic E-state index is 0.0381. The number of nitrogens with two attached hydrogens (primary N) is 1. The molecule has 92 valence electrons. The molecule has 0 spiro atoms. The molecule has 1 unspecified atom stereocenters. The normalized spacial score (nSPS) is 19.6. The molecule has 1 amide bonds. The van der Waals surface area contributed by atoms with Crippen LogP contribution in [-0.4, -0.2) is 18.2 Å². The summed E-state index contributed by atoms with van der Waals surface area (Å²) in [6.45, 7) is 4.29. The summed E-state index contributed by atoms with van der Waals surface area (Å²) in [7, 11) is 1.83. The average molecular weight is 250 g/mol. The fourth-order valence-electron chi connectivity index (χ4n) is 2.01. The van der Waals surface area contributed by atoms with E-state index in [-0.39, 0.29) is 11.2 Å². The summed E-state index contributed by atoms with van der Waals surface area (Å²) in [6.07, 6.45) is 0.914. The van der Waals surface area contributed by atoms with Crippen LogP contribution in [0, 0.1) is 5.92 Å². The first-order valence-corrected chi connectivity index (χ1v) is 6.70. The molecule has 1 atom stereocenters. The van der Waals surface area contributed by atoms with E-state index in [9.17, 15) is 4.79 Å². The van der Waals surface area contributed by atoms with Crippen LogP contribution in [0.25, 0.3) is 0 Å². The molecule has 0 saturated heterocycles. The summed E-state index contributed by atoms with van der Waals surface area (Å²) < 4.78 is 0. The van der Waals surface area contributed by atoms with Gasteiger partial charge in [0.25, 0.3) is 0 Å². The van der Waals surface area contributed by atoms with Crippen molar-refractivity contribution in [1.82, 2.24) is 0 Å². The van der Waals surface area contributed by atoms with E-state index in [0.717, 1.165) is 17.0 Å². The van der Waals surface area contributed by atoms with Crippen molar-refractivity contribution in [1.29, 1.82) is 0 Å². The van der Waals surface area contributed by atoms with Crippen molar-refractivity contribution in [3.8, 4) is 0 Å². The van der Waals surface area contributed by atoms with E-state index in [2.05, 4.69) is 13.8 Å². The van der Waals surface area contributed by atoms with Crippen LogP contribution in [0.5, 0.6) is 0 Å². The summed E-state index contributed by atoms with van der Waals surface area (Å²) in [6, 6.07) is 5.76. The Kier molecular flexibility index (Phi) is 3.33. The molecule has 1 aromatic rings. The maximum atomic E-state index is 12.2. The van der Waals surface area contributed by atoms with Crippen molar-refractivity contribution in [3.05, 3.63) is 18.2 Å². The van der Waals surface area contributed by atoms with Gasteiger partial charge >= 0.3 is 0 Å². The number of nitrogen functional groups attached to an aromatic ring is 1. The van der Waals surface area contributed by atoms with E-state index in [0.29, 0.717) is 11.6 Å². The number of rotatable bonds is 2. The number of hydrogen-bond donors (Lipinski definition) is 1. The second-order valence-electron chi connectivity index (χ2n) is 4.86. The first kappa shape index (κ1) is 12.3. The van der Waals surface area contributed by atoms with Crippen molar-refractivity contribution < 1.29 is 4.79 Å². The Morgan fingerprint density at radius 1 is 1.47 bits per heavy atom. The van der Waals surface area contributed by atoms with Crippen LogP contribution in [0.15, 0.2) is 23.1 Å². The summed E-state index contributed by atoms with van der Waals surface area (Å²) in [5, 5.41) is 0.0381. The van der Waals surface area contributed by atoms with E-state index in [4.69, 9.17) is 5.73 Å². The number of benzene rings is 1. The van der Waals surface area contributed by atoms with Gasteiger partial charge in [-0.15, -0.1) is 11.8 Å². The third kappa shape index (κ3) is 2.41. The highest BCUT2D eigenvalue weighted by atomic mass is 32.2. The first-order valence-electron chi connectivity index (χ1n) is 5.82. The van der Waals surface area contributed by atoms with Gasteiger partial charge in [-0.2, -0.15) is 0 Å². The highest BCUT2D eigenvalue weighted by Crippen LogP contribution is 2.41. The van der Waals surface area contributed by atoms with Gasteiger partial charge in [-0.25, -0.2) is 0 Å². The molecule has 17 heavy (non-hydrogen) atoms. The Bertz CT molecular complexity index is 445. The minimum atomic E-state index is 0.0381. The van der Waals surface area contributed by atoms with Crippen LogP contribution in [0.3, 0.4) is 0 Å². The fourth-order valence-corrected chi connectivity index (χ4v) is 3.52. The lowest BCUT2D eigenvalue weighted by atomic mass is 10.1. The van der Waals surface area contributed by atoms with E-state index < -0.39 is 0 Å². The second-order valence-corrected chi connectivity index (χ2v) is 6.11. The lowest BCUT2D eigenvalue weighted by Gasteiger charge is -2.31. The molecular formula is C13H18N2OS. The first-order chi connectivity index (χ1) is 7.99. The third-order valence-electron chi connectivity index (χ3n) is 2.91. The molecular weight excluding hydrogens is 232 g/mol. The number of carbonyl (C=O) groups excluding carboxylic acids is 1. The number of nitrogens with zero attached hydrogens (tertiary/aromatic N) is 1. The predicted molar refractivity (Wildman–Crippen MR) is 73.4 cm³/mol. The van der Waals surface area contributed by atoms with Gasteiger partial charge in [0.2, 0.25) is 5.91 Å². The maximum Gasteiger partial charge on any atom is 0.240 e. The molecule has 4 heteroatoms. The lowest BCUT2D eigenvalue weighted by Crippen LogP contribution is -2.38. The van der Waals surface area contributed by atoms with Gasteiger partial charge in [-0.05, 0) is 30.5 Å². The van der Waals surface area contributed by atoms with Crippen molar-refractivity contribution in [3.63, 3.8) is 0 Å². The fraction of sp³-hybridized carbons (Fsp3) is 0.462. The van der Waals surface area contributed by atoms with E-state index in [1.165, 1.54) is 0 Å². The summed E-state index contributed by atoms with van der Waals surface area (Å²) >= 11 is 1.66. The smallest absolute Gasteiger partial charge is 0.240 e. The number of amides is 1. The van der Waals surface area contributed by atoms with Gasteiger partial charge < -0.3 is 10.6 Å². The van der Waals surface area contributed by atoms with Gasteiger partial charge in [-0.3, -0.25) is 4.79 Å². The van der Waals surface area contributed by atoms with Crippen LogP contribution < -0.4 is 10.6 Å². The van der Waals surface area contributed by atoms with Crippen LogP contribution in [-0.2, 0) is 4.79 Å². The van der Waals surface area contributed by atoms with Gasteiger partial charge in [0.05, 0.1) is 10.9 Å². The largest absolute Gasteiger partial charge is 0.399 e. The topological polar surface area (TPSA) is 46.3 Å². The average Bonchev–Trinajstić information content (AvgIpc) is 2.26. The Morgan fingerprint density at radius 2 is 2.18 bits per heavy atom. The molecule has 1 aromatic carbocycles. The molecule has 0 aromatic heterocycles. The van der Waals surface area contributed by atoms with E-state index >= 15 is 0 Å². The summed E-state index contributed by atoms with van der Waals surface area (Å²) in [4.78, 5) is 15.1. The Balaban J connectivity index is 2.32. The number of fused-ring (bicyclic) bond motifs is 1. The zero-order chi connectivity index (χ0) is 12.6. The quantitative estimate of drug-likeness (QED) is 0.821. The molecule has 2 rings (SSSR count). The number of thioether (sulfide) groups is 1. The van der Waals surface area contributed by atoms with Gasteiger partial charge in [0, 0.05) is 17.6 Å². The van der Waals surface area contributed by atoms with Crippen LogP contribution in [0.4, 0.5) is 11.4 Å². The Labute approximate surface area is 106 Å². The van der Waals surface area contributed by atoms with E-state index in [1.807, 2.05) is 25.2 Å². The molecule has 0 saturated carbocycles. The maximum absolute atomic E-state index is 12.2. The SMILES string of the molecule is CC(C)CC1Sc2ccc(N)cc2N(C)C1=O. The molecule has 0 fully saturated rings. The number of carbonyl (C=O) groups is 1. The summed E-state index contributed by atoms with van der Waals surface area (Å²) in [5.41, 5.74) is 7.39.